The third-order valence-corrected chi connectivity index (χ3v) is 5.01. The fourth-order valence-electron chi connectivity index (χ4n) is 3.43. The van der Waals surface area contributed by atoms with E-state index in [-0.39, 0.29) is 17.2 Å². The van der Waals surface area contributed by atoms with E-state index in [0.717, 1.165) is 5.56 Å². The van der Waals surface area contributed by atoms with E-state index in [1.807, 2.05) is 30.3 Å². The molecule has 142 valence electrons. The Balaban J connectivity index is 1.77. The number of hydrogen-bond donors (Lipinski definition) is 2. The maximum atomic E-state index is 12.9. The van der Waals surface area contributed by atoms with Crippen LogP contribution in [0.2, 0.25) is 0 Å². The maximum absolute atomic E-state index is 12.9. The highest BCUT2D eigenvalue weighted by atomic mass is 16.5. The van der Waals surface area contributed by atoms with E-state index in [1.165, 1.54) is 17.0 Å². The molecule has 1 saturated heterocycles. The predicted molar refractivity (Wildman–Crippen MR) is 99.7 cm³/mol. The predicted octanol–water partition coefficient (Wildman–Crippen LogP) is 3.30. The Kier molecular flexibility index (Phi) is 5.64. The number of piperidine rings is 1. The Labute approximate surface area is 158 Å². The number of carboxylic acid groups (broad SMARTS) is 1. The number of benzene rings is 2. The van der Waals surface area contributed by atoms with Gasteiger partial charge in [0.25, 0.3) is 5.91 Å². The Morgan fingerprint density at radius 3 is 2.63 bits per heavy atom. The third kappa shape index (κ3) is 4.22. The van der Waals surface area contributed by atoms with Gasteiger partial charge in [0.15, 0.2) is 0 Å². The van der Waals surface area contributed by atoms with Crippen LogP contribution in [0.3, 0.4) is 0 Å². The summed E-state index contributed by atoms with van der Waals surface area (Å²) in [6.45, 7) is 2.56. The van der Waals surface area contributed by atoms with Crippen LogP contribution < -0.4 is 4.74 Å². The number of phenolic OH excluding ortho intramolecular Hbond substituents is 1. The molecule has 1 aliphatic heterocycles. The van der Waals surface area contributed by atoms with Gasteiger partial charge in [-0.1, -0.05) is 30.3 Å². The van der Waals surface area contributed by atoms with Crippen LogP contribution in [0.15, 0.2) is 48.5 Å². The summed E-state index contributed by atoms with van der Waals surface area (Å²) in [5, 5.41) is 19.5. The first kappa shape index (κ1) is 18.8. The van der Waals surface area contributed by atoms with Gasteiger partial charge in [0.1, 0.15) is 18.1 Å². The molecule has 1 heterocycles. The molecule has 2 N–H and O–H groups in total. The highest BCUT2D eigenvalue weighted by Gasteiger charge is 2.36. The van der Waals surface area contributed by atoms with E-state index in [1.54, 1.807) is 13.0 Å². The summed E-state index contributed by atoms with van der Waals surface area (Å²) in [6.07, 6.45) is 1.17. The largest absolute Gasteiger partial charge is 0.507 e. The molecule has 1 aliphatic rings. The van der Waals surface area contributed by atoms with E-state index >= 15 is 0 Å². The van der Waals surface area contributed by atoms with Crippen molar-refractivity contribution in [3.63, 3.8) is 0 Å². The van der Waals surface area contributed by atoms with Gasteiger partial charge in [0.05, 0.1) is 11.5 Å². The minimum atomic E-state index is -0.899. The van der Waals surface area contributed by atoms with Gasteiger partial charge < -0.3 is 19.8 Å². The van der Waals surface area contributed by atoms with Gasteiger partial charge >= 0.3 is 5.97 Å². The molecule has 0 spiro atoms. The van der Waals surface area contributed by atoms with E-state index < -0.39 is 17.9 Å². The fraction of sp³-hybridized carbons (Fsp3) is 0.333. The van der Waals surface area contributed by atoms with Crippen molar-refractivity contribution in [3.05, 3.63) is 59.7 Å². The van der Waals surface area contributed by atoms with Gasteiger partial charge in [-0.15, -0.1) is 0 Å². The van der Waals surface area contributed by atoms with Crippen molar-refractivity contribution in [3.8, 4) is 11.5 Å². The molecule has 0 aromatic heterocycles. The van der Waals surface area contributed by atoms with Gasteiger partial charge in [-0.2, -0.15) is 0 Å². The molecule has 0 unspecified atom stereocenters. The third-order valence-electron chi connectivity index (χ3n) is 5.01. The lowest BCUT2D eigenvalue weighted by Crippen LogP contribution is -2.49. The highest BCUT2D eigenvalue weighted by molar-refractivity contribution is 5.97. The summed E-state index contributed by atoms with van der Waals surface area (Å²) in [5.41, 5.74) is 1.12. The van der Waals surface area contributed by atoms with Gasteiger partial charge in [-0.25, -0.2) is 0 Å². The number of phenols is 1. The Bertz CT molecular complexity index is 821. The fourth-order valence-corrected chi connectivity index (χ4v) is 3.43. The molecule has 1 fully saturated rings. The number of amides is 1. The molecular formula is C21H23NO5. The van der Waals surface area contributed by atoms with Crippen molar-refractivity contribution < 1.29 is 24.5 Å². The van der Waals surface area contributed by atoms with Crippen LogP contribution in [0.1, 0.15) is 35.7 Å². The molecule has 6 nitrogen and oxygen atoms in total. The van der Waals surface area contributed by atoms with Gasteiger partial charge in [0.2, 0.25) is 0 Å². The molecular weight excluding hydrogens is 346 g/mol. The molecule has 2 aromatic carbocycles. The number of carbonyl (C=O) groups is 2. The summed E-state index contributed by atoms with van der Waals surface area (Å²) >= 11 is 0. The Morgan fingerprint density at radius 2 is 1.93 bits per heavy atom. The zero-order valence-corrected chi connectivity index (χ0v) is 15.2. The smallest absolute Gasteiger partial charge is 0.308 e. The van der Waals surface area contributed by atoms with Crippen molar-refractivity contribution in [2.75, 3.05) is 6.54 Å². The normalized spacial score (nSPS) is 19.5. The average Bonchev–Trinajstić information content (AvgIpc) is 2.67. The number of likely N-dealkylation sites (tertiary alicyclic amines) is 1. The van der Waals surface area contributed by atoms with Crippen molar-refractivity contribution in [1.29, 1.82) is 0 Å². The number of nitrogens with zero attached hydrogens (tertiary/aromatic N) is 1. The van der Waals surface area contributed by atoms with Crippen LogP contribution in [-0.4, -0.2) is 39.6 Å². The Morgan fingerprint density at radius 1 is 1.19 bits per heavy atom. The molecule has 27 heavy (non-hydrogen) atoms. The molecule has 0 saturated carbocycles. The lowest BCUT2D eigenvalue weighted by molar-refractivity contribution is -0.144. The number of ether oxygens (including phenoxy) is 1. The van der Waals surface area contributed by atoms with E-state index in [2.05, 4.69) is 0 Å². The molecule has 0 aliphatic carbocycles. The lowest BCUT2D eigenvalue weighted by atomic mass is 9.89. The molecule has 2 atom stereocenters. The first-order valence-corrected chi connectivity index (χ1v) is 9.01. The van der Waals surface area contributed by atoms with Crippen LogP contribution in [0.5, 0.6) is 11.5 Å². The number of rotatable bonds is 5. The van der Waals surface area contributed by atoms with E-state index in [9.17, 15) is 19.8 Å². The van der Waals surface area contributed by atoms with Crippen molar-refractivity contribution in [2.45, 2.75) is 32.4 Å². The molecule has 3 rings (SSSR count). The van der Waals surface area contributed by atoms with E-state index in [0.29, 0.717) is 31.7 Å². The summed E-state index contributed by atoms with van der Waals surface area (Å²) in [6, 6.07) is 13.7. The summed E-state index contributed by atoms with van der Waals surface area (Å²) in [7, 11) is 0. The summed E-state index contributed by atoms with van der Waals surface area (Å²) in [5.74, 6) is -1.54. The van der Waals surface area contributed by atoms with Crippen molar-refractivity contribution >= 4 is 11.9 Å². The second kappa shape index (κ2) is 8.12. The minimum absolute atomic E-state index is 0.124. The zero-order valence-electron chi connectivity index (χ0n) is 15.2. The highest BCUT2D eigenvalue weighted by Crippen LogP contribution is 2.30. The maximum Gasteiger partial charge on any atom is 0.308 e. The van der Waals surface area contributed by atoms with Gasteiger partial charge in [-0.05, 0) is 43.5 Å². The molecule has 0 radical (unpaired) electrons. The van der Waals surface area contributed by atoms with Gasteiger partial charge in [-0.3, -0.25) is 9.59 Å². The average molecular weight is 369 g/mol. The van der Waals surface area contributed by atoms with Crippen LogP contribution in [0.4, 0.5) is 0 Å². The molecule has 1 amide bonds. The van der Waals surface area contributed by atoms with Crippen LogP contribution >= 0.6 is 0 Å². The quantitative estimate of drug-likeness (QED) is 0.844. The molecule has 2 aromatic rings. The monoisotopic (exact) mass is 369 g/mol. The minimum Gasteiger partial charge on any atom is -0.507 e. The topological polar surface area (TPSA) is 87.1 Å². The van der Waals surface area contributed by atoms with Crippen molar-refractivity contribution in [2.24, 2.45) is 5.92 Å². The van der Waals surface area contributed by atoms with Crippen LogP contribution in [0, 0.1) is 5.92 Å². The second-order valence-corrected chi connectivity index (χ2v) is 6.78. The number of carboxylic acids is 1. The lowest BCUT2D eigenvalue weighted by Gasteiger charge is -2.37. The van der Waals surface area contributed by atoms with Crippen LogP contribution in [-0.2, 0) is 11.4 Å². The number of carbonyl (C=O) groups excluding carboxylic acids is 1. The van der Waals surface area contributed by atoms with Gasteiger partial charge in [0, 0.05) is 12.6 Å². The molecule has 0 bridgehead atoms. The standard InChI is InChI=1S/C21H23NO5/c1-14-17(21(25)26)8-5-11-22(14)20(24)18-12-16(9-10-19(18)23)27-13-15-6-3-2-4-7-15/h2-4,6-7,9-10,12,14,17,23H,5,8,11,13H2,1H3,(H,25,26)/t14-,17-/m1/s1. The zero-order chi connectivity index (χ0) is 19.4. The number of aliphatic carboxylic acids is 1. The first-order chi connectivity index (χ1) is 13.0. The summed E-state index contributed by atoms with van der Waals surface area (Å²) in [4.78, 5) is 25.9. The SMILES string of the molecule is C[C@@H]1[C@H](C(=O)O)CCCN1C(=O)c1cc(OCc2ccccc2)ccc1O. The first-order valence-electron chi connectivity index (χ1n) is 9.01. The van der Waals surface area contributed by atoms with Crippen molar-refractivity contribution in [1.82, 2.24) is 4.90 Å². The van der Waals surface area contributed by atoms with E-state index in [4.69, 9.17) is 4.74 Å². The summed E-state index contributed by atoms with van der Waals surface area (Å²) < 4.78 is 5.74. The van der Waals surface area contributed by atoms with Crippen LogP contribution in [0.25, 0.3) is 0 Å². The second-order valence-electron chi connectivity index (χ2n) is 6.78. The Hall–Kier alpha value is -3.02. The number of aromatic hydroxyl groups is 1. The number of hydrogen-bond acceptors (Lipinski definition) is 4. The molecule has 6 heteroatoms.